The molecule has 27 heavy (non-hydrogen) atoms. The van der Waals surface area contributed by atoms with Gasteiger partial charge in [0.15, 0.2) is 0 Å². The molecule has 3 rings (SSSR count). The summed E-state index contributed by atoms with van der Waals surface area (Å²) in [4.78, 5) is 10.6. The molecule has 0 amide bonds. The molecule has 0 saturated carbocycles. The van der Waals surface area contributed by atoms with Gasteiger partial charge in [-0.25, -0.2) is 4.98 Å². The molecule has 142 valence electrons. The van der Waals surface area contributed by atoms with Crippen LogP contribution < -0.4 is 9.80 Å². The number of aromatic nitrogens is 1. The molecule has 0 fully saturated rings. The lowest BCUT2D eigenvalue weighted by Gasteiger charge is -2.21. The smallest absolute Gasteiger partial charge is 0.123 e. The molecule has 0 saturated heterocycles. The summed E-state index contributed by atoms with van der Waals surface area (Å²) in [6.45, 7) is 12.9. The summed E-state index contributed by atoms with van der Waals surface area (Å²) in [5, 5.41) is 1.07. The van der Waals surface area contributed by atoms with Crippen molar-refractivity contribution in [2.45, 2.75) is 27.7 Å². The zero-order chi connectivity index (χ0) is 19.2. The molecule has 0 unspecified atom stereocenters. The summed E-state index contributed by atoms with van der Waals surface area (Å²) in [6.07, 6.45) is 1.99. The molecule has 1 heterocycles. The fourth-order valence-corrected chi connectivity index (χ4v) is 4.30. The average molecular weight is 380 g/mol. The number of rotatable bonds is 8. The van der Waals surface area contributed by atoms with Gasteiger partial charge in [-0.1, -0.05) is 12.1 Å². The van der Waals surface area contributed by atoms with Crippen LogP contribution in [0.3, 0.4) is 0 Å². The fraction of sp³-hybridized carbons (Fsp3) is 0.348. The second-order valence-electron chi connectivity index (χ2n) is 6.47. The van der Waals surface area contributed by atoms with Gasteiger partial charge >= 0.3 is 0 Å². The van der Waals surface area contributed by atoms with E-state index in [2.05, 4.69) is 91.0 Å². The Morgan fingerprint density at radius 2 is 1.11 bits per heavy atom. The quantitative estimate of drug-likeness (QED) is 0.466. The SMILES string of the molecule is CCN(CC)c1ccc(-c2cnc(-c3ccc(N(CC)CC)cc3)s2)cc1. The van der Waals surface area contributed by atoms with Crippen molar-refractivity contribution >= 4 is 22.7 Å². The number of nitrogens with zero attached hydrogens (tertiary/aromatic N) is 3. The molecule has 0 aliphatic rings. The van der Waals surface area contributed by atoms with Crippen LogP contribution in [-0.4, -0.2) is 31.2 Å². The van der Waals surface area contributed by atoms with Crippen LogP contribution in [0.25, 0.3) is 21.0 Å². The van der Waals surface area contributed by atoms with Gasteiger partial charge in [-0.2, -0.15) is 0 Å². The standard InChI is InChI=1S/C23H29N3S/c1-5-25(6-2)20-13-9-18(10-14-20)22-17-24-23(27-22)19-11-15-21(16-12-19)26(7-3)8-4/h9-17H,5-8H2,1-4H3. The van der Waals surface area contributed by atoms with Crippen LogP contribution in [0, 0.1) is 0 Å². The maximum Gasteiger partial charge on any atom is 0.123 e. The minimum absolute atomic E-state index is 1.03. The second-order valence-corrected chi connectivity index (χ2v) is 7.50. The van der Waals surface area contributed by atoms with E-state index in [1.807, 2.05) is 6.20 Å². The fourth-order valence-electron chi connectivity index (χ4n) is 3.37. The van der Waals surface area contributed by atoms with Crippen molar-refractivity contribution < 1.29 is 0 Å². The summed E-state index contributed by atoms with van der Waals surface area (Å²) in [5.41, 5.74) is 4.96. The Labute approximate surface area is 167 Å². The molecule has 3 aromatic rings. The van der Waals surface area contributed by atoms with Crippen LogP contribution in [0.15, 0.2) is 54.7 Å². The monoisotopic (exact) mass is 379 g/mol. The Balaban J connectivity index is 1.78. The summed E-state index contributed by atoms with van der Waals surface area (Å²) in [7, 11) is 0. The predicted octanol–water partition coefficient (Wildman–Crippen LogP) is 6.17. The van der Waals surface area contributed by atoms with Crippen molar-refractivity contribution in [3.63, 3.8) is 0 Å². The van der Waals surface area contributed by atoms with E-state index in [1.54, 1.807) is 11.3 Å². The number of benzene rings is 2. The Morgan fingerprint density at radius 1 is 0.667 bits per heavy atom. The van der Waals surface area contributed by atoms with Crippen molar-refractivity contribution in [2.75, 3.05) is 36.0 Å². The minimum atomic E-state index is 1.03. The maximum absolute atomic E-state index is 4.66. The minimum Gasteiger partial charge on any atom is -0.372 e. The third kappa shape index (κ3) is 4.33. The maximum atomic E-state index is 4.66. The molecule has 0 aliphatic carbocycles. The first kappa shape index (κ1) is 19.4. The third-order valence-electron chi connectivity index (χ3n) is 5.03. The van der Waals surface area contributed by atoms with E-state index in [1.165, 1.54) is 27.4 Å². The Morgan fingerprint density at radius 3 is 1.56 bits per heavy atom. The Kier molecular flexibility index (Phi) is 6.51. The van der Waals surface area contributed by atoms with Crippen LogP contribution in [0.2, 0.25) is 0 Å². The highest BCUT2D eigenvalue weighted by atomic mass is 32.1. The van der Waals surface area contributed by atoms with E-state index in [4.69, 9.17) is 0 Å². The van der Waals surface area contributed by atoms with Gasteiger partial charge < -0.3 is 9.80 Å². The molecule has 0 radical (unpaired) electrons. The Bertz CT molecular complexity index is 759. The molecular weight excluding hydrogens is 350 g/mol. The summed E-state index contributed by atoms with van der Waals surface area (Å²) < 4.78 is 0. The highest BCUT2D eigenvalue weighted by molar-refractivity contribution is 7.18. The van der Waals surface area contributed by atoms with Crippen LogP contribution in [0.4, 0.5) is 11.4 Å². The van der Waals surface area contributed by atoms with E-state index in [0.717, 1.165) is 31.2 Å². The van der Waals surface area contributed by atoms with Crippen molar-refractivity contribution in [3.05, 3.63) is 54.7 Å². The molecule has 0 atom stereocenters. The molecule has 3 nitrogen and oxygen atoms in total. The molecule has 1 aromatic heterocycles. The highest BCUT2D eigenvalue weighted by Gasteiger charge is 2.09. The number of thiazole rings is 1. The molecule has 4 heteroatoms. The van der Waals surface area contributed by atoms with Gasteiger partial charge in [0.25, 0.3) is 0 Å². The van der Waals surface area contributed by atoms with Gasteiger partial charge in [0.2, 0.25) is 0 Å². The van der Waals surface area contributed by atoms with Crippen LogP contribution in [-0.2, 0) is 0 Å². The lowest BCUT2D eigenvalue weighted by atomic mass is 10.1. The van der Waals surface area contributed by atoms with Gasteiger partial charge in [0.1, 0.15) is 5.01 Å². The van der Waals surface area contributed by atoms with Gasteiger partial charge in [0.05, 0.1) is 4.88 Å². The van der Waals surface area contributed by atoms with Crippen molar-refractivity contribution in [1.29, 1.82) is 0 Å². The van der Waals surface area contributed by atoms with Crippen molar-refractivity contribution in [3.8, 4) is 21.0 Å². The topological polar surface area (TPSA) is 19.4 Å². The summed E-state index contributed by atoms with van der Waals surface area (Å²) >= 11 is 1.75. The van der Waals surface area contributed by atoms with Gasteiger partial charge in [0, 0.05) is 49.3 Å². The molecular formula is C23H29N3S. The molecule has 0 aliphatic heterocycles. The van der Waals surface area contributed by atoms with Gasteiger partial charge in [-0.3, -0.25) is 0 Å². The lowest BCUT2D eigenvalue weighted by molar-refractivity contribution is 0.866. The summed E-state index contributed by atoms with van der Waals surface area (Å²) in [6, 6.07) is 17.6. The molecule has 0 N–H and O–H groups in total. The predicted molar refractivity (Wildman–Crippen MR) is 120 cm³/mol. The van der Waals surface area contributed by atoms with Gasteiger partial charge in [-0.15, -0.1) is 11.3 Å². The Hall–Kier alpha value is -2.33. The number of anilines is 2. The summed E-state index contributed by atoms with van der Waals surface area (Å²) in [5.74, 6) is 0. The van der Waals surface area contributed by atoms with E-state index < -0.39 is 0 Å². The van der Waals surface area contributed by atoms with Crippen LogP contribution in [0.1, 0.15) is 27.7 Å². The van der Waals surface area contributed by atoms with Crippen molar-refractivity contribution in [2.24, 2.45) is 0 Å². The first-order valence-corrected chi connectivity index (χ1v) is 10.7. The molecule has 2 aromatic carbocycles. The van der Waals surface area contributed by atoms with E-state index >= 15 is 0 Å². The van der Waals surface area contributed by atoms with Crippen LogP contribution >= 0.6 is 11.3 Å². The van der Waals surface area contributed by atoms with E-state index in [9.17, 15) is 0 Å². The van der Waals surface area contributed by atoms with Gasteiger partial charge in [-0.05, 0) is 69.7 Å². The average Bonchev–Trinajstić information content (AvgIpc) is 3.21. The number of hydrogen-bond donors (Lipinski definition) is 0. The first-order valence-electron chi connectivity index (χ1n) is 9.86. The normalized spacial score (nSPS) is 10.8. The van der Waals surface area contributed by atoms with Crippen molar-refractivity contribution in [1.82, 2.24) is 4.98 Å². The third-order valence-corrected chi connectivity index (χ3v) is 6.12. The zero-order valence-corrected chi connectivity index (χ0v) is 17.6. The largest absolute Gasteiger partial charge is 0.372 e. The molecule has 0 bridgehead atoms. The van der Waals surface area contributed by atoms with E-state index in [-0.39, 0.29) is 0 Å². The lowest BCUT2D eigenvalue weighted by Crippen LogP contribution is -2.21. The first-order chi connectivity index (χ1) is 13.2. The molecule has 0 spiro atoms. The zero-order valence-electron chi connectivity index (χ0n) is 16.8. The van der Waals surface area contributed by atoms with E-state index in [0.29, 0.717) is 0 Å². The second kappa shape index (κ2) is 9.05. The number of hydrogen-bond acceptors (Lipinski definition) is 4. The van der Waals surface area contributed by atoms with Crippen LogP contribution in [0.5, 0.6) is 0 Å². The highest BCUT2D eigenvalue weighted by Crippen LogP contribution is 2.33.